The lowest BCUT2D eigenvalue weighted by molar-refractivity contribution is -0.133. The number of carbonyl (C=O) groups excluding carboxylic acids is 3. The molecule has 178 valence electrons. The molecule has 0 bridgehead atoms. The maximum absolute atomic E-state index is 13.2. The van der Waals surface area contributed by atoms with Crippen LogP contribution in [0, 0.1) is 6.92 Å². The van der Waals surface area contributed by atoms with Gasteiger partial charge in [-0.2, -0.15) is 0 Å². The number of hydrogen-bond donors (Lipinski definition) is 3. The van der Waals surface area contributed by atoms with Gasteiger partial charge in [-0.15, -0.1) is 0 Å². The van der Waals surface area contributed by atoms with Crippen LogP contribution in [0.15, 0.2) is 71.2 Å². The summed E-state index contributed by atoms with van der Waals surface area (Å²) < 4.78 is 7.31. The lowest BCUT2D eigenvalue weighted by Gasteiger charge is -2.13. The number of amides is 3. The van der Waals surface area contributed by atoms with E-state index in [1.807, 2.05) is 19.1 Å². The number of aryl methyl sites for hydroxylation is 1. The molecule has 0 saturated carbocycles. The van der Waals surface area contributed by atoms with E-state index >= 15 is 0 Å². The number of ether oxygens (including phenoxy) is 1. The maximum atomic E-state index is 13.2. The van der Waals surface area contributed by atoms with E-state index in [0.717, 1.165) is 10.0 Å². The Morgan fingerprint density at radius 3 is 2.43 bits per heavy atom. The van der Waals surface area contributed by atoms with Crippen molar-refractivity contribution in [2.45, 2.75) is 6.92 Å². The summed E-state index contributed by atoms with van der Waals surface area (Å²) in [5.74, 6) is -1.83. The first kappa shape index (κ1) is 24.3. The van der Waals surface area contributed by atoms with Crippen molar-refractivity contribution in [1.82, 2.24) is 4.68 Å². The van der Waals surface area contributed by atoms with Crippen molar-refractivity contribution in [3.05, 3.63) is 87.5 Å². The van der Waals surface area contributed by atoms with Crippen LogP contribution in [0.25, 0.3) is 10.9 Å². The van der Waals surface area contributed by atoms with Gasteiger partial charge in [0.15, 0.2) is 0 Å². The van der Waals surface area contributed by atoms with Gasteiger partial charge in [-0.05, 0) is 67.1 Å². The third-order valence-corrected chi connectivity index (χ3v) is 6.28. The molecular formula is C25H20BrClN4O4. The highest BCUT2D eigenvalue weighted by atomic mass is 79.9. The second kappa shape index (κ2) is 10.2. The van der Waals surface area contributed by atoms with Crippen LogP contribution in [0.5, 0.6) is 5.75 Å². The monoisotopic (exact) mass is 554 g/mol. The van der Waals surface area contributed by atoms with E-state index in [-0.39, 0.29) is 5.69 Å². The summed E-state index contributed by atoms with van der Waals surface area (Å²) in [4.78, 5) is 38.5. The van der Waals surface area contributed by atoms with Gasteiger partial charge in [0.05, 0.1) is 12.6 Å². The molecule has 0 aliphatic heterocycles. The Bertz CT molecular complexity index is 1470. The number of fused-ring (bicyclic) bond motifs is 1. The number of methoxy groups -OCH3 is 1. The van der Waals surface area contributed by atoms with Gasteiger partial charge in [-0.3, -0.25) is 19.8 Å². The molecule has 0 radical (unpaired) electrons. The van der Waals surface area contributed by atoms with Crippen molar-refractivity contribution in [2.75, 3.05) is 23.2 Å². The highest BCUT2D eigenvalue weighted by Crippen LogP contribution is 2.25. The van der Waals surface area contributed by atoms with Crippen LogP contribution < -0.4 is 20.8 Å². The average Bonchev–Trinajstić information content (AvgIpc) is 3.18. The van der Waals surface area contributed by atoms with Crippen molar-refractivity contribution >= 4 is 67.5 Å². The van der Waals surface area contributed by atoms with Crippen molar-refractivity contribution in [2.24, 2.45) is 0 Å². The van der Waals surface area contributed by atoms with E-state index in [4.69, 9.17) is 16.3 Å². The molecule has 1 aromatic heterocycles. The molecule has 0 saturated heterocycles. The van der Waals surface area contributed by atoms with Crippen LogP contribution in [-0.2, 0) is 9.59 Å². The number of hydrogen-bond acceptors (Lipinski definition) is 4. The number of anilines is 2. The zero-order chi connectivity index (χ0) is 25.1. The fourth-order valence-electron chi connectivity index (χ4n) is 3.43. The molecule has 10 heteroatoms. The molecule has 0 spiro atoms. The average molecular weight is 556 g/mol. The van der Waals surface area contributed by atoms with Crippen LogP contribution in [0.3, 0.4) is 0 Å². The Morgan fingerprint density at radius 2 is 1.69 bits per heavy atom. The Kier molecular flexibility index (Phi) is 7.09. The fraction of sp³-hybridized carbons (Fsp3) is 0.0800. The lowest BCUT2D eigenvalue weighted by Crippen LogP contribution is -2.36. The molecule has 4 aromatic rings. The number of carbonyl (C=O) groups is 3. The minimum Gasteiger partial charge on any atom is -0.497 e. The second-order valence-corrected chi connectivity index (χ2v) is 8.90. The van der Waals surface area contributed by atoms with Crippen LogP contribution in [-0.4, -0.2) is 29.5 Å². The zero-order valence-electron chi connectivity index (χ0n) is 18.7. The summed E-state index contributed by atoms with van der Waals surface area (Å²) in [5.41, 5.74) is 5.03. The van der Waals surface area contributed by atoms with Crippen molar-refractivity contribution < 1.29 is 19.1 Å². The van der Waals surface area contributed by atoms with Crippen LogP contribution in [0.2, 0.25) is 5.02 Å². The van der Waals surface area contributed by atoms with Crippen LogP contribution in [0.4, 0.5) is 11.4 Å². The SMILES string of the molecule is COc1cccc(NC(=O)C(=O)Nn2c(C(=O)Nc3ccc(Br)c(C)c3)cc3cc(Cl)ccc32)c1. The van der Waals surface area contributed by atoms with Gasteiger partial charge >= 0.3 is 11.8 Å². The first-order valence-corrected chi connectivity index (χ1v) is 11.6. The summed E-state index contributed by atoms with van der Waals surface area (Å²) in [5, 5.41) is 6.41. The van der Waals surface area contributed by atoms with E-state index in [1.165, 1.54) is 11.8 Å². The molecule has 3 N–H and O–H groups in total. The van der Waals surface area contributed by atoms with Crippen molar-refractivity contribution in [3.8, 4) is 5.75 Å². The third-order valence-electron chi connectivity index (χ3n) is 5.16. The summed E-state index contributed by atoms with van der Waals surface area (Å²) >= 11 is 9.55. The number of nitrogens with one attached hydrogen (secondary N) is 3. The quantitative estimate of drug-likeness (QED) is 0.290. The summed E-state index contributed by atoms with van der Waals surface area (Å²) in [6, 6.07) is 18.5. The molecule has 3 aromatic carbocycles. The molecule has 0 aliphatic rings. The summed E-state index contributed by atoms with van der Waals surface area (Å²) in [7, 11) is 1.50. The lowest BCUT2D eigenvalue weighted by atomic mass is 10.2. The molecule has 3 amide bonds. The van der Waals surface area contributed by atoms with Gasteiger partial charge in [-0.25, -0.2) is 4.68 Å². The topological polar surface area (TPSA) is 101 Å². The molecule has 35 heavy (non-hydrogen) atoms. The minimum atomic E-state index is -0.964. The number of aromatic nitrogens is 1. The molecule has 0 fully saturated rings. The normalized spacial score (nSPS) is 10.6. The number of halogens is 2. The van der Waals surface area contributed by atoms with Gasteiger partial charge in [0.1, 0.15) is 11.4 Å². The standard InChI is InChI=1S/C25H20BrClN4O4/c1-14-10-18(7-8-20(14)26)28-23(32)22-12-15-11-16(27)6-9-21(15)31(22)30-25(34)24(33)29-17-4-3-5-19(13-17)35-2/h3-13H,1-2H3,(H,28,32)(H,29,33)(H,30,34). The molecule has 8 nitrogen and oxygen atoms in total. The molecule has 0 atom stereocenters. The van der Waals surface area contributed by atoms with Gasteiger partial charge in [0.2, 0.25) is 0 Å². The third kappa shape index (κ3) is 5.47. The summed E-state index contributed by atoms with van der Waals surface area (Å²) in [6.45, 7) is 1.90. The largest absolute Gasteiger partial charge is 0.497 e. The summed E-state index contributed by atoms with van der Waals surface area (Å²) in [6.07, 6.45) is 0. The first-order chi connectivity index (χ1) is 16.7. The fourth-order valence-corrected chi connectivity index (χ4v) is 3.86. The maximum Gasteiger partial charge on any atom is 0.328 e. The van der Waals surface area contributed by atoms with E-state index < -0.39 is 17.7 Å². The van der Waals surface area contributed by atoms with Gasteiger partial charge in [0, 0.05) is 32.3 Å². The van der Waals surface area contributed by atoms with Gasteiger partial charge in [0.25, 0.3) is 5.91 Å². The molecular weight excluding hydrogens is 536 g/mol. The number of rotatable bonds is 5. The molecule has 4 rings (SSSR count). The first-order valence-electron chi connectivity index (χ1n) is 10.4. The van der Waals surface area contributed by atoms with Crippen LogP contribution >= 0.6 is 27.5 Å². The van der Waals surface area contributed by atoms with Crippen molar-refractivity contribution in [1.29, 1.82) is 0 Å². The predicted octanol–water partition coefficient (Wildman–Crippen LogP) is 5.34. The smallest absolute Gasteiger partial charge is 0.328 e. The number of benzene rings is 3. The van der Waals surface area contributed by atoms with Crippen LogP contribution in [0.1, 0.15) is 16.1 Å². The second-order valence-electron chi connectivity index (χ2n) is 7.61. The Balaban J connectivity index is 1.62. The molecule has 0 aliphatic carbocycles. The number of nitrogens with zero attached hydrogens (tertiary/aromatic N) is 1. The zero-order valence-corrected chi connectivity index (χ0v) is 21.0. The van der Waals surface area contributed by atoms with Crippen molar-refractivity contribution in [3.63, 3.8) is 0 Å². The Morgan fingerprint density at radius 1 is 0.914 bits per heavy atom. The van der Waals surface area contributed by atoms with Gasteiger partial charge < -0.3 is 15.4 Å². The highest BCUT2D eigenvalue weighted by Gasteiger charge is 2.21. The van der Waals surface area contributed by atoms with E-state index in [9.17, 15) is 14.4 Å². The molecule has 1 heterocycles. The van der Waals surface area contributed by atoms with E-state index in [2.05, 4.69) is 32.0 Å². The van der Waals surface area contributed by atoms with E-state index in [1.54, 1.807) is 54.6 Å². The Hall–Kier alpha value is -3.82. The highest BCUT2D eigenvalue weighted by molar-refractivity contribution is 9.10. The van der Waals surface area contributed by atoms with Gasteiger partial charge in [-0.1, -0.05) is 33.6 Å². The van der Waals surface area contributed by atoms with E-state index in [0.29, 0.717) is 33.0 Å². The molecule has 0 unspecified atom stereocenters. The predicted molar refractivity (Wildman–Crippen MR) is 140 cm³/mol. The Labute approximate surface area is 214 Å². The minimum absolute atomic E-state index is 0.116.